The van der Waals surface area contributed by atoms with Gasteiger partial charge in [0.15, 0.2) is 0 Å². The molecule has 0 aromatic heterocycles. The lowest BCUT2D eigenvalue weighted by Crippen LogP contribution is -2.64. The summed E-state index contributed by atoms with van der Waals surface area (Å²) in [5.74, 6) is -2.30. The molecule has 6 nitrogen and oxygen atoms in total. The van der Waals surface area contributed by atoms with Crippen molar-refractivity contribution in [1.82, 2.24) is 0 Å². The third-order valence-electron chi connectivity index (χ3n) is 3.65. The molecule has 1 rings (SSSR count). The van der Waals surface area contributed by atoms with Gasteiger partial charge in [0.05, 0.1) is 6.61 Å². The predicted octanol–water partition coefficient (Wildman–Crippen LogP) is -2.05. The Morgan fingerprint density at radius 2 is 1.33 bits per heavy atom. The normalized spacial score (nSPS) is 56.0. The number of hydrogen-bond donors (Lipinski definition) is 5. The summed E-state index contributed by atoms with van der Waals surface area (Å²) in [6, 6.07) is 0. The van der Waals surface area contributed by atoms with Crippen LogP contribution in [0.15, 0.2) is 0 Å². The van der Waals surface area contributed by atoms with Crippen LogP contribution in [0.25, 0.3) is 0 Å². The maximum atomic E-state index is 10.1. The van der Waals surface area contributed by atoms with Gasteiger partial charge in [0.2, 0.25) is 5.79 Å². The average Bonchev–Trinajstić information content (AvgIpc) is 2.25. The van der Waals surface area contributed by atoms with Crippen LogP contribution in [0.1, 0.15) is 20.8 Å². The lowest BCUT2D eigenvalue weighted by molar-refractivity contribution is -0.290. The van der Waals surface area contributed by atoms with E-state index in [9.17, 15) is 15.3 Å². The van der Waals surface area contributed by atoms with E-state index in [4.69, 9.17) is 14.9 Å². The van der Waals surface area contributed by atoms with Gasteiger partial charge in [-0.2, -0.15) is 0 Å². The van der Waals surface area contributed by atoms with Crippen LogP contribution in [-0.4, -0.2) is 61.3 Å². The molecule has 0 aromatic rings. The van der Waals surface area contributed by atoms with Gasteiger partial charge in [-0.1, -0.05) is 0 Å². The molecular formula is C9H18O6. The quantitative estimate of drug-likeness (QED) is 0.368. The minimum atomic E-state index is -2.30. The van der Waals surface area contributed by atoms with E-state index in [1.54, 1.807) is 0 Å². The van der Waals surface area contributed by atoms with Gasteiger partial charge in [-0.05, 0) is 20.8 Å². The fourth-order valence-corrected chi connectivity index (χ4v) is 1.84. The van der Waals surface area contributed by atoms with Crippen LogP contribution in [-0.2, 0) is 4.74 Å². The molecule has 15 heavy (non-hydrogen) atoms. The van der Waals surface area contributed by atoms with Crippen molar-refractivity contribution >= 4 is 0 Å². The van der Waals surface area contributed by atoms with Gasteiger partial charge < -0.3 is 30.3 Å². The molecule has 1 aliphatic heterocycles. The molecule has 0 bridgehead atoms. The fourth-order valence-electron chi connectivity index (χ4n) is 1.84. The van der Waals surface area contributed by atoms with Gasteiger partial charge in [-0.15, -0.1) is 0 Å². The Balaban J connectivity index is 3.28. The summed E-state index contributed by atoms with van der Waals surface area (Å²) in [6.07, 6.45) is 0. The van der Waals surface area contributed by atoms with Gasteiger partial charge in [-0.25, -0.2) is 0 Å². The fraction of sp³-hybridized carbons (Fsp3) is 1.00. The first-order chi connectivity index (χ1) is 6.58. The number of ether oxygens (including phenoxy) is 1. The van der Waals surface area contributed by atoms with Crippen molar-refractivity contribution in [1.29, 1.82) is 0 Å². The molecule has 0 spiro atoms. The van der Waals surface area contributed by atoms with Crippen LogP contribution < -0.4 is 0 Å². The molecule has 0 radical (unpaired) electrons. The molecule has 6 heteroatoms. The number of rotatable bonds is 2. The van der Waals surface area contributed by atoms with Crippen LogP contribution >= 0.6 is 0 Å². The molecule has 1 heterocycles. The third kappa shape index (κ3) is 1.27. The summed E-state index contributed by atoms with van der Waals surface area (Å²) in [5.41, 5.74) is -5.54. The number of hydrogen-bond acceptors (Lipinski definition) is 6. The lowest BCUT2D eigenvalue weighted by atomic mass is 9.74. The SMILES string of the molecule is CC1(CO)OC(O)(CO)C(C)(O)C1(C)O. The Labute approximate surface area is 87.7 Å². The van der Waals surface area contributed by atoms with Gasteiger partial charge in [0.25, 0.3) is 0 Å². The summed E-state index contributed by atoms with van der Waals surface area (Å²) in [6.45, 7) is 2.24. The topological polar surface area (TPSA) is 110 Å². The first-order valence-corrected chi connectivity index (χ1v) is 4.67. The van der Waals surface area contributed by atoms with E-state index >= 15 is 0 Å². The van der Waals surface area contributed by atoms with E-state index in [0.29, 0.717) is 0 Å². The molecule has 0 aromatic carbocycles. The molecule has 4 atom stereocenters. The van der Waals surface area contributed by atoms with Crippen molar-refractivity contribution in [3.05, 3.63) is 0 Å². The van der Waals surface area contributed by atoms with E-state index in [0.717, 1.165) is 6.92 Å². The Kier molecular flexibility index (Phi) is 2.68. The Morgan fingerprint density at radius 3 is 1.53 bits per heavy atom. The molecule has 1 saturated heterocycles. The smallest absolute Gasteiger partial charge is 0.222 e. The van der Waals surface area contributed by atoms with Crippen molar-refractivity contribution in [2.75, 3.05) is 13.2 Å². The van der Waals surface area contributed by atoms with Crippen LogP contribution in [0.3, 0.4) is 0 Å². The minimum Gasteiger partial charge on any atom is -0.393 e. The van der Waals surface area contributed by atoms with Crippen molar-refractivity contribution in [3.8, 4) is 0 Å². The maximum absolute atomic E-state index is 10.1. The Morgan fingerprint density at radius 1 is 0.867 bits per heavy atom. The second-order valence-corrected chi connectivity index (χ2v) is 4.58. The summed E-state index contributed by atoms with van der Waals surface area (Å²) < 4.78 is 5.02. The molecule has 90 valence electrons. The zero-order valence-corrected chi connectivity index (χ0v) is 9.06. The van der Waals surface area contributed by atoms with Gasteiger partial charge >= 0.3 is 0 Å². The zero-order chi connectivity index (χ0) is 12.1. The van der Waals surface area contributed by atoms with Crippen LogP contribution in [0.4, 0.5) is 0 Å². The van der Waals surface area contributed by atoms with E-state index < -0.39 is 35.8 Å². The number of aliphatic hydroxyl groups excluding tert-OH is 2. The molecule has 0 saturated carbocycles. The molecular weight excluding hydrogens is 204 g/mol. The van der Waals surface area contributed by atoms with Crippen molar-refractivity contribution in [3.63, 3.8) is 0 Å². The van der Waals surface area contributed by atoms with Crippen LogP contribution in [0.2, 0.25) is 0 Å². The van der Waals surface area contributed by atoms with Crippen molar-refractivity contribution < 1.29 is 30.3 Å². The van der Waals surface area contributed by atoms with Crippen molar-refractivity contribution in [2.45, 2.75) is 43.4 Å². The minimum absolute atomic E-state index is 0.599. The van der Waals surface area contributed by atoms with E-state index in [1.165, 1.54) is 13.8 Å². The first-order valence-electron chi connectivity index (χ1n) is 4.67. The standard InChI is InChI=1S/C9H18O6/c1-6(4-10)7(2,12)8(3,13)9(14,5-11)15-6/h10-14H,4-5H2,1-3H3. The maximum Gasteiger partial charge on any atom is 0.222 e. The first kappa shape index (κ1) is 12.8. The van der Waals surface area contributed by atoms with Gasteiger partial charge in [0, 0.05) is 0 Å². The Hall–Kier alpha value is -0.240. The monoisotopic (exact) mass is 222 g/mol. The van der Waals surface area contributed by atoms with Crippen LogP contribution in [0, 0.1) is 0 Å². The van der Waals surface area contributed by atoms with E-state index in [-0.39, 0.29) is 0 Å². The molecule has 0 amide bonds. The second-order valence-electron chi connectivity index (χ2n) is 4.58. The van der Waals surface area contributed by atoms with Crippen LogP contribution in [0.5, 0.6) is 0 Å². The molecule has 4 unspecified atom stereocenters. The number of aliphatic hydroxyl groups is 5. The van der Waals surface area contributed by atoms with Gasteiger partial charge in [-0.3, -0.25) is 0 Å². The van der Waals surface area contributed by atoms with Gasteiger partial charge in [0.1, 0.15) is 23.4 Å². The van der Waals surface area contributed by atoms with Crippen molar-refractivity contribution in [2.24, 2.45) is 0 Å². The molecule has 5 N–H and O–H groups in total. The zero-order valence-electron chi connectivity index (χ0n) is 9.06. The summed E-state index contributed by atoms with van der Waals surface area (Å²) in [4.78, 5) is 0. The summed E-state index contributed by atoms with van der Waals surface area (Å²) in [7, 11) is 0. The average molecular weight is 222 g/mol. The summed E-state index contributed by atoms with van der Waals surface area (Å²) >= 11 is 0. The Bertz CT molecular complexity index is 237. The highest BCUT2D eigenvalue weighted by atomic mass is 16.7. The molecule has 0 aliphatic carbocycles. The van der Waals surface area contributed by atoms with E-state index in [1.807, 2.05) is 0 Å². The highest BCUT2D eigenvalue weighted by Gasteiger charge is 2.73. The van der Waals surface area contributed by atoms with E-state index in [2.05, 4.69) is 0 Å². The lowest BCUT2D eigenvalue weighted by Gasteiger charge is -2.40. The second kappa shape index (κ2) is 3.13. The predicted molar refractivity (Wildman–Crippen MR) is 49.9 cm³/mol. The highest BCUT2D eigenvalue weighted by Crippen LogP contribution is 2.50. The molecule has 1 fully saturated rings. The molecule has 1 aliphatic rings. The highest BCUT2D eigenvalue weighted by molar-refractivity contribution is 5.18. The largest absolute Gasteiger partial charge is 0.393 e. The third-order valence-corrected chi connectivity index (χ3v) is 3.65. The summed E-state index contributed by atoms with van der Waals surface area (Å²) in [5, 5.41) is 48.1.